The molecule has 0 fully saturated rings. The molecule has 3 nitrogen and oxygen atoms in total. The summed E-state index contributed by atoms with van der Waals surface area (Å²) in [6, 6.07) is 6.91. The second-order valence-electron chi connectivity index (χ2n) is 4.83. The maximum absolute atomic E-state index is 12.0. The smallest absolute Gasteiger partial charge is 0.255 e. The van der Waals surface area contributed by atoms with Crippen LogP contribution in [-0.2, 0) is 0 Å². The van der Waals surface area contributed by atoms with Gasteiger partial charge in [0, 0.05) is 16.6 Å². The molecule has 2 aromatic rings. The molecule has 0 saturated heterocycles. The first-order valence-electron chi connectivity index (χ1n) is 6.25. The number of nitrogens with one attached hydrogen (secondary N) is 1. The van der Waals surface area contributed by atoms with Crippen LogP contribution in [0.2, 0.25) is 10.0 Å². The molecule has 0 bridgehead atoms. The number of rotatable bonds is 3. The predicted molar refractivity (Wildman–Crippen MR) is 81.5 cm³/mol. The Balaban J connectivity index is 2.38. The maximum Gasteiger partial charge on any atom is 0.255 e. The van der Waals surface area contributed by atoms with Crippen LogP contribution in [0.15, 0.2) is 28.7 Å². The second kappa shape index (κ2) is 5.90. The highest BCUT2D eigenvalue weighted by atomic mass is 35.5. The Morgan fingerprint density at radius 1 is 1.25 bits per heavy atom. The van der Waals surface area contributed by atoms with E-state index < -0.39 is 0 Å². The minimum atomic E-state index is -0.155. The minimum absolute atomic E-state index is 0.0689. The second-order valence-corrected chi connectivity index (χ2v) is 5.68. The number of carbonyl (C=O) groups is 1. The van der Waals surface area contributed by atoms with Gasteiger partial charge in [-0.2, -0.15) is 0 Å². The lowest BCUT2D eigenvalue weighted by atomic mass is 10.1. The highest BCUT2D eigenvalue weighted by molar-refractivity contribution is 6.36. The predicted octanol–water partition coefficient (Wildman–Crippen LogP) is 4.70. The lowest BCUT2D eigenvalue weighted by Crippen LogP contribution is -2.30. The third-order valence-electron chi connectivity index (χ3n) is 2.78. The van der Waals surface area contributed by atoms with Crippen LogP contribution < -0.4 is 5.32 Å². The molecule has 1 heterocycles. The van der Waals surface area contributed by atoms with Crippen LogP contribution in [0.3, 0.4) is 0 Å². The molecular formula is C15H15Cl2NO2. The first-order chi connectivity index (χ1) is 9.38. The molecule has 1 aromatic carbocycles. The van der Waals surface area contributed by atoms with Gasteiger partial charge < -0.3 is 9.73 Å². The molecule has 0 saturated carbocycles. The average molecular weight is 312 g/mol. The highest BCUT2D eigenvalue weighted by Crippen LogP contribution is 2.32. The summed E-state index contributed by atoms with van der Waals surface area (Å²) in [7, 11) is 0. The molecule has 106 valence electrons. The number of halogens is 2. The van der Waals surface area contributed by atoms with Gasteiger partial charge in [0.15, 0.2) is 0 Å². The number of amides is 1. The maximum atomic E-state index is 12.0. The zero-order chi connectivity index (χ0) is 14.9. The van der Waals surface area contributed by atoms with Crippen molar-refractivity contribution in [3.05, 3.63) is 45.6 Å². The largest absolute Gasteiger partial charge is 0.460 e. The number of hydrogen-bond donors (Lipinski definition) is 1. The number of hydrogen-bond acceptors (Lipinski definition) is 2. The van der Waals surface area contributed by atoms with Crippen molar-refractivity contribution in [3.8, 4) is 11.3 Å². The first kappa shape index (κ1) is 14.9. The molecule has 0 aliphatic rings. The molecule has 1 aromatic heterocycles. The van der Waals surface area contributed by atoms with Crippen molar-refractivity contribution >= 4 is 29.1 Å². The van der Waals surface area contributed by atoms with E-state index in [2.05, 4.69) is 5.32 Å². The molecule has 0 radical (unpaired) electrons. The van der Waals surface area contributed by atoms with Crippen LogP contribution in [-0.4, -0.2) is 11.9 Å². The van der Waals surface area contributed by atoms with Crippen LogP contribution >= 0.6 is 23.2 Å². The topological polar surface area (TPSA) is 42.2 Å². The van der Waals surface area contributed by atoms with E-state index in [1.165, 1.54) is 0 Å². The number of benzene rings is 1. The fourth-order valence-corrected chi connectivity index (χ4v) is 2.37. The van der Waals surface area contributed by atoms with E-state index in [0.717, 1.165) is 0 Å². The van der Waals surface area contributed by atoms with E-state index in [-0.39, 0.29) is 11.9 Å². The Morgan fingerprint density at radius 2 is 1.95 bits per heavy atom. The highest BCUT2D eigenvalue weighted by Gasteiger charge is 2.17. The van der Waals surface area contributed by atoms with E-state index in [4.69, 9.17) is 27.6 Å². The van der Waals surface area contributed by atoms with Crippen molar-refractivity contribution in [3.63, 3.8) is 0 Å². The van der Waals surface area contributed by atoms with Gasteiger partial charge in [-0.15, -0.1) is 0 Å². The van der Waals surface area contributed by atoms with Gasteiger partial charge in [-0.1, -0.05) is 23.2 Å². The number of furan rings is 1. The van der Waals surface area contributed by atoms with Crippen LogP contribution in [0.4, 0.5) is 0 Å². The molecule has 2 rings (SSSR count). The molecule has 1 N–H and O–H groups in total. The zero-order valence-corrected chi connectivity index (χ0v) is 13.0. The summed E-state index contributed by atoms with van der Waals surface area (Å²) < 4.78 is 5.64. The molecule has 0 aliphatic heterocycles. The first-order valence-corrected chi connectivity index (χ1v) is 7.01. The van der Waals surface area contributed by atoms with Crippen LogP contribution in [0.25, 0.3) is 11.3 Å². The standard InChI is InChI=1S/C15H15Cl2NO2/c1-8(2)18-15(19)12-7-14(20-9(12)3)11-5-4-10(16)6-13(11)17/h4-8H,1-3H3,(H,18,19). The Kier molecular flexibility index (Phi) is 4.41. The van der Waals surface area contributed by atoms with Gasteiger partial charge in [0.2, 0.25) is 0 Å². The summed E-state index contributed by atoms with van der Waals surface area (Å²) in [5.74, 6) is 0.958. The Bertz CT molecular complexity index is 647. The van der Waals surface area contributed by atoms with Gasteiger partial charge in [-0.05, 0) is 45.0 Å². The fourth-order valence-electron chi connectivity index (χ4n) is 1.87. The Labute approximate surface area is 127 Å². The molecule has 0 atom stereocenters. The van der Waals surface area contributed by atoms with Crippen molar-refractivity contribution in [2.45, 2.75) is 26.8 Å². The summed E-state index contributed by atoms with van der Waals surface area (Å²) in [6.07, 6.45) is 0. The van der Waals surface area contributed by atoms with Crippen molar-refractivity contribution < 1.29 is 9.21 Å². The number of carbonyl (C=O) groups excluding carboxylic acids is 1. The van der Waals surface area contributed by atoms with Crippen molar-refractivity contribution in [1.29, 1.82) is 0 Å². The SMILES string of the molecule is Cc1oc(-c2ccc(Cl)cc2Cl)cc1C(=O)NC(C)C. The minimum Gasteiger partial charge on any atom is -0.460 e. The van der Waals surface area contributed by atoms with Gasteiger partial charge in [0.05, 0.1) is 10.6 Å². The van der Waals surface area contributed by atoms with Gasteiger partial charge in [-0.3, -0.25) is 4.79 Å². The Hall–Kier alpha value is -1.45. The van der Waals surface area contributed by atoms with Gasteiger partial charge in [-0.25, -0.2) is 0 Å². The molecule has 0 aliphatic carbocycles. The lowest BCUT2D eigenvalue weighted by molar-refractivity contribution is 0.0941. The summed E-state index contributed by atoms with van der Waals surface area (Å²) in [5, 5.41) is 3.88. The van der Waals surface area contributed by atoms with E-state index in [9.17, 15) is 4.79 Å². The molecule has 0 unspecified atom stereocenters. The monoisotopic (exact) mass is 311 g/mol. The Morgan fingerprint density at radius 3 is 2.55 bits per heavy atom. The molecule has 20 heavy (non-hydrogen) atoms. The van der Waals surface area contributed by atoms with Crippen molar-refractivity contribution in [2.24, 2.45) is 0 Å². The zero-order valence-electron chi connectivity index (χ0n) is 11.5. The third-order valence-corrected chi connectivity index (χ3v) is 3.33. The van der Waals surface area contributed by atoms with E-state index in [0.29, 0.717) is 32.7 Å². The van der Waals surface area contributed by atoms with Gasteiger partial charge in [0.25, 0.3) is 5.91 Å². The molecule has 5 heteroatoms. The third kappa shape index (κ3) is 3.17. The fraction of sp³-hybridized carbons (Fsp3) is 0.267. The van der Waals surface area contributed by atoms with E-state index in [1.54, 1.807) is 31.2 Å². The number of aryl methyl sites for hydroxylation is 1. The lowest BCUT2D eigenvalue weighted by Gasteiger charge is -2.06. The summed E-state index contributed by atoms with van der Waals surface area (Å²) in [4.78, 5) is 12.0. The van der Waals surface area contributed by atoms with Crippen LogP contribution in [0, 0.1) is 6.92 Å². The average Bonchev–Trinajstić information content (AvgIpc) is 2.70. The van der Waals surface area contributed by atoms with Crippen LogP contribution in [0.1, 0.15) is 30.0 Å². The molecular weight excluding hydrogens is 297 g/mol. The quantitative estimate of drug-likeness (QED) is 0.892. The molecule has 0 spiro atoms. The van der Waals surface area contributed by atoms with Gasteiger partial charge in [0.1, 0.15) is 11.5 Å². The summed E-state index contributed by atoms with van der Waals surface area (Å²) >= 11 is 12.0. The van der Waals surface area contributed by atoms with Crippen LogP contribution in [0.5, 0.6) is 0 Å². The molecule has 1 amide bonds. The van der Waals surface area contributed by atoms with Crippen molar-refractivity contribution in [2.75, 3.05) is 0 Å². The van der Waals surface area contributed by atoms with E-state index in [1.807, 2.05) is 13.8 Å². The van der Waals surface area contributed by atoms with Gasteiger partial charge >= 0.3 is 0 Å². The summed E-state index contributed by atoms with van der Waals surface area (Å²) in [6.45, 7) is 5.57. The van der Waals surface area contributed by atoms with E-state index >= 15 is 0 Å². The van der Waals surface area contributed by atoms with Crippen molar-refractivity contribution in [1.82, 2.24) is 5.32 Å². The normalized spacial score (nSPS) is 10.9. The summed E-state index contributed by atoms with van der Waals surface area (Å²) in [5.41, 5.74) is 1.22.